The van der Waals surface area contributed by atoms with Gasteiger partial charge in [-0.2, -0.15) is 5.10 Å². The van der Waals surface area contributed by atoms with Crippen molar-refractivity contribution >= 4 is 40.0 Å². The van der Waals surface area contributed by atoms with Crippen molar-refractivity contribution in [1.29, 1.82) is 0 Å². The first-order chi connectivity index (χ1) is 17.1. The van der Waals surface area contributed by atoms with Crippen molar-refractivity contribution in [3.05, 3.63) is 34.9 Å². The molecule has 1 N–H and O–H groups in total. The summed E-state index contributed by atoms with van der Waals surface area (Å²) in [5, 5.41) is 10.4. The third-order valence-electron chi connectivity index (χ3n) is 7.01. The molecule has 2 fully saturated rings. The van der Waals surface area contributed by atoms with E-state index in [0.29, 0.717) is 26.2 Å². The largest absolute Gasteiger partial charge is 0.355 e. The maximum absolute atomic E-state index is 12.9. The van der Waals surface area contributed by atoms with Gasteiger partial charge in [0.2, 0.25) is 11.8 Å². The topological polar surface area (TPSA) is 99.5 Å². The fourth-order valence-corrected chi connectivity index (χ4v) is 5.63. The molecule has 0 aromatic carbocycles. The molecule has 0 bridgehead atoms. The number of fused-ring (bicyclic) bond motifs is 1. The fraction of sp³-hybridized carbons (Fsp3) is 0.542. The summed E-state index contributed by atoms with van der Waals surface area (Å²) in [6.45, 7) is 5.50. The van der Waals surface area contributed by atoms with E-state index in [0.717, 1.165) is 62.3 Å². The van der Waals surface area contributed by atoms with Crippen molar-refractivity contribution in [2.24, 2.45) is 13.0 Å². The molecule has 2 amide bonds. The van der Waals surface area contributed by atoms with Crippen LogP contribution in [0.2, 0.25) is 0 Å². The Morgan fingerprint density at radius 1 is 1.11 bits per heavy atom. The summed E-state index contributed by atoms with van der Waals surface area (Å²) in [7, 11) is 1.87. The lowest BCUT2D eigenvalue weighted by molar-refractivity contribution is -0.133. The Labute approximate surface area is 208 Å². The van der Waals surface area contributed by atoms with Gasteiger partial charge in [0.25, 0.3) is 0 Å². The van der Waals surface area contributed by atoms with E-state index in [9.17, 15) is 9.59 Å². The zero-order valence-electron chi connectivity index (χ0n) is 20.1. The number of amides is 2. The van der Waals surface area contributed by atoms with Crippen LogP contribution in [-0.4, -0.2) is 93.7 Å². The summed E-state index contributed by atoms with van der Waals surface area (Å²) in [6, 6.07) is 4.14. The van der Waals surface area contributed by atoms with Crippen molar-refractivity contribution < 1.29 is 9.59 Å². The standard InChI is InChI=1S/C24H32N8O2S/c1-29-22-20(15-28-29)23(27-17-26-22)32-12-10-31(11-13-32)21(33)16-30-8-5-18(6-9-30)24(34)25-7-4-19-3-2-14-35-19/h2-3,14-15,17-18H,4-13,16H2,1H3,(H,25,34). The van der Waals surface area contributed by atoms with Crippen LogP contribution in [0.5, 0.6) is 0 Å². The van der Waals surface area contributed by atoms with Crippen LogP contribution in [0.15, 0.2) is 30.0 Å². The number of hydrogen-bond acceptors (Lipinski definition) is 8. The van der Waals surface area contributed by atoms with Gasteiger partial charge in [-0.15, -0.1) is 11.3 Å². The minimum atomic E-state index is 0.0467. The van der Waals surface area contributed by atoms with E-state index >= 15 is 0 Å². The third kappa shape index (κ3) is 5.46. The number of rotatable bonds is 7. The van der Waals surface area contributed by atoms with E-state index in [1.54, 1.807) is 28.5 Å². The van der Waals surface area contributed by atoms with Gasteiger partial charge >= 0.3 is 0 Å². The van der Waals surface area contributed by atoms with E-state index in [4.69, 9.17) is 0 Å². The second kappa shape index (κ2) is 10.7. The van der Waals surface area contributed by atoms with Gasteiger partial charge in [-0.25, -0.2) is 9.97 Å². The van der Waals surface area contributed by atoms with Crippen molar-refractivity contribution in [1.82, 2.24) is 34.9 Å². The smallest absolute Gasteiger partial charge is 0.236 e. The Morgan fingerprint density at radius 3 is 2.66 bits per heavy atom. The van der Waals surface area contributed by atoms with Gasteiger partial charge in [0.15, 0.2) is 5.65 Å². The number of hydrogen-bond donors (Lipinski definition) is 1. The highest BCUT2D eigenvalue weighted by Crippen LogP contribution is 2.23. The van der Waals surface area contributed by atoms with Crippen molar-refractivity contribution in [3.63, 3.8) is 0 Å². The molecule has 0 aliphatic carbocycles. The first kappa shape index (κ1) is 23.7. The van der Waals surface area contributed by atoms with Gasteiger partial charge in [0, 0.05) is 50.6 Å². The van der Waals surface area contributed by atoms with Crippen molar-refractivity contribution in [2.45, 2.75) is 19.3 Å². The van der Waals surface area contributed by atoms with E-state index in [-0.39, 0.29) is 17.7 Å². The Bertz CT molecular complexity index is 1150. The average Bonchev–Trinajstić information content (AvgIpc) is 3.54. The third-order valence-corrected chi connectivity index (χ3v) is 7.94. The minimum absolute atomic E-state index is 0.0467. The molecule has 2 aliphatic rings. The van der Waals surface area contributed by atoms with Crippen LogP contribution in [0.4, 0.5) is 5.82 Å². The highest BCUT2D eigenvalue weighted by Gasteiger charge is 2.28. The van der Waals surface area contributed by atoms with Gasteiger partial charge in [0.1, 0.15) is 12.1 Å². The van der Waals surface area contributed by atoms with Crippen LogP contribution in [0, 0.1) is 5.92 Å². The number of likely N-dealkylation sites (tertiary alicyclic amines) is 1. The first-order valence-corrected chi connectivity index (χ1v) is 13.1. The number of aromatic nitrogens is 4. The predicted octanol–water partition coefficient (Wildman–Crippen LogP) is 1.14. The minimum Gasteiger partial charge on any atom is -0.355 e. The molecule has 0 unspecified atom stereocenters. The van der Waals surface area contributed by atoms with Crippen molar-refractivity contribution in [2.75, 3.05) is 57.3 Å². The van der Waals surface area contributed by atoms with E-state index in [1.165, 1.54) is 4.88 Å². The lowest BCUT2D eigenvalue weighted by Gasteiger charge is -2.37. The number of carbonyl (C=O) groups excluding carboxylic acids is 2. The quantitative estimate of drug-likeness (QED) is 0.524. The number of thiophene rings is 1. The zero-order valence-corrected chi connectivity index (χ0v) is 20.9. The summed E-state index contributed by atoms with van der Waals surface area (Å²) < 4.78 is 1.75. The molecule has 0 spiro atoms. The predicted molar refractivity (Wildman–Crippen MR) is 135 cm³/mol. The molecule has 186 valence electrons. The molecular weight excluding hydrogens is 464 g/mol. The van der Waals surface area contributed by atoms with Crippen LogP contribution in [0.1, 0.15) is 17.7 Å². The molecule has 0 atom stereocenters. The van der Waals surface area contributed by atoms with Crippen LogP contribution < -0.4 is 10.2 Å². The summed E-state index contributed by atoms with van der Waals surface area (Å²) in [5.74, 6) is 1.24. The molecule has 35 heavy (non-hydrogen) atoms. The SMILES string of the molecule is Cn1ncc2c(N3CCN(C(=O)CN4CCC(C(=O)NCCc5cccs5)CC4)CC3)ncnc21. The zero-order chi connectivity index (χ0) is 24.2. The average molecular weight is 497 g/mol. The second-order valence-electron chi connectivity index (χ2n) is 9.24. The molecule has 0 radical (unpaired) electrons. The molecule has 3 aromatic rings. The molecule has 2 saturated heterocycles. The number of piperidine rings is 1. The summed E-state index contributed by atoms with van der Waals surface area (Å²) >= 11 is 1.72. The van der Waals surface area contributed by atoms with Gasteiger partial charge in [-0.05, 0) is 43.8 Å². The molecule has 5 rings (SSSR count). The molecule has 11 heteroatoms. The van der Waals surface area contributed by atoms with Crippen LogP contribution in [0.3, 0.4) is 0 Å². The lowest BCUT2D eigenvalue weighted by Crippen LogP contribution is -2.52. The lowest BCUT2D eigenvalue weighted by atomic mass is 9.96. The number of anilines is 1. The Balaban J connectivity index is 1.04. The summed E-state index contributed by atoms with van der Waals surface area (Å²) in [5.41, 5.74) is 0.813. The monoisotopic (exact) mass is 496 g/mol. The maximum atomic E-state index is 12.9. The first-order valence-electron chi connectivity index (χ1n) is 12.3. The molecule has 3 aromatic heterocycles. The highest BCUT2D eigenvalue weighted by atomic mass is 32.1. The number of carbonyl (C=O) groups is 2. The summed E-state index contributed by atoms with van der Waals surface area (Å²) in [6.07, 6.45) is 5.87. The van der Waals surface area contributed by atoms with E-state index in [2.05, 4.69) is 41.6 Å². The number of nitrogens with one attached hydrogen (secondary N) is 1. The van der Waals surface area contributed by atoms with Gasteiger partial charge in [0.05, 0.1) is 18.1 Å². The van der Waals surface area contributed by atoms with Crippen LogP contribution in [0.25, 0.3) is 11.0 Å². The molecular formula is C24H32N8O2S. The molecule has 10 nitrogen and oxygen atoms in total. The van der Waals surface area contributed by atoms with Crippen LogP contribution in [-0.2, 0) is 23.1 Å². The second-order valence-corrected chi connectivity index (χ2v) is 10.3. The van der Waals surface area contributed by atoms with E-state index < -0.39 is 0 Å². The van der Waals surface area contributed by atoms with E-state index in [1.807, 2.05) is 18.0 Å². The Kier molecular flexibility index (Phi) is 7.24. The van der Waals surface area contributed by atoms with Gasteiger partial charge in [-0.3, -0.25) is 19.2 Å². The van der Waals surface area contributed by atoms with Crippen LogP contribution >= 0.6 is 11.3 Å². The van der Waals surface area contributed by atoms with Gasteiger partial charge < -0.3 is 15.1 Å². The maximum Gasteiger partial charge on any atom is 0.236 e. The Hall–Kier alpha value is -3.05. The number of nitrogens with zero attached hydrogens (tertiary/aromatic N) is 7. The number of piperazine rings is 1. The fourth-order valence-electron chi connectivity index (χ4n) is 4.92. The van der Waals surface area contributed by atoms with Gasteiger partial charge in [-0.1, -0.05) is 6.07 Å². The number of aryl methyl sites for hydroxylation is 1. The summed E-state index contributed by atoms with van der Waals surface area (Å²) in [4.78, 5) is 41.9. The normalized spacial score (nSPS) is 17.7. The molecule has 5 heterocycles. The molecule has 0 saturated carbocycles. The molecule has 2 aliphatic heterocycles. The van der Waals surface area contributed by atoms with Crippen molar-refractivity contribution in [3.8, 4) is 0 Å². The Morgan fingerprint density at radius 2 is 1.91 bits per heavy atom. The highest BCUT2D eigenvalue weighted by molar-refractivity contribution is 7.09.